The van der Waals surface area contributed by atoms with E-state index in [1.807, 2.05) is 36.4 Å². The number of aromatic nitrogens is 3. The van der Waals surface area contributed by atoms with Gasteiger partial charge < -0.3 is 15.1 Å². The van der Waals surface area contributed by atoms with Gasteiger partial charge >= 0.3 is 0 Å². The molecule has 39 heavy (non-hydrogen) atoms. The predicted molar refractivity (Wildman–Crippen MR) is 136 cm³/mol. The Balaban J connectivity index is 1.23. The van der Waals surface area contributed by atoms with Gasteiger partial charge in [-0.05, 0) is 61.1 Å². The van der Waals surface area contributed by atoms with E-state index in [4.69, 9.17) is 4.42 Å². The van der Waals surface area contributed by atoms with Gasteiger partial charge in [0.15, 0.2) is 5.76 Å². The van der Waals surface area contributed by atoms with Crippen molar-refractivity contribution in [3.8, 4) is 22.9 Å². The fourth-order valence-electron chi connectivity index (χ4n) is 4.92. The number of halogens is 2. The SMILES string of the molecule is N#CC1(NC(=O)C2(NC(=O)c3cc4ccc(-c5ccc(-n6nccn6)cc5)cc4o3)CCC(F)(F)CC2)CC1. The van der Waals surface area contributed by atoms with Crippen LogP contribution in [0, 0.1) is 11.3 Å². The summed E-state index contributed by atoms with van der Waals surface area (Å²) < 4.78 is 33.8. The van der Waals surface area contributed by atoms with Gasteiger partial charge in [-0.3, -0.25) is 9.59 Å². The van der Waals surface area contributed by atoms with E-state index in [0.29, 0.717) is 23.8 Å². The highest BCUT2D eigenvalue weighted by Crippen LogP contribution is 2.41. The zero-order valence-electron chi connectivity index (χ0n) is 20.8. The summed E-state index contributed by atoms with van der Waals surface area (Å²) in [6.45, 7) is 0. The number of benzene rings is 2. The van der Waals surface area contributed by atoms with Crippen LogP contribution >= 0.6 is 0 Å². The van der Waals surface area contributed by atoms with Gasteiger partial charge in [-0.2, -0.15) is 20.3 Å². The number of hydrogen-bond acceptors (Lipinski definition) is 6. The van der Waals surface area contributed by atoms with Gasteiger partial charge in [0.2, 0.25) is 11.8 Å². The summed E-state index contributed by atoms with van der Waals surface area (Å²) in [7, 11) is 0. The number of nitriles is 1. The van der Waals surface area contributed by atoms with Gasteiger partial charge in [-0.1, -0.05) is 24.3 Å². The van der Waals surface area contributed by atoms with Crippen molar-refractivity contribution in [1.29, 1.82) is 5.26 Å². The first-order valence-corrected chi connectivity index (χ1v) is 12.6. The lowest BCUT2D eigenvalue weighted by molar-refractivity contribution is -0.133. The van der Waals surface area contributed by atoms with Crippen molar-refractivity contribution in [2.45, 2.75) is 55.5 Å². The molecule has 2 fully saturated rings. The van der Waals surface area contributed by atoms with Crippen LogP contribution in [0.2, 0.25) is 0 Å². The van der Waals surface area contributed by atoms with Crippen LogP contribution in [0.15, 0.2) is 65.3 Å². The van der Waals surface area contributed by atoms with Gasteiger partial charge in [-0.25, -0.2) is 8.78 Å². The molecule has 0 unspecified atom stereocenters. The summed E-state index contributed by atoms with van der Waals surface area (Å²) >= 11 is 0. The topological polar surface area (TPSA) is 126 Å². The molecule has 0 bridgehead atoms. The fraction of sp³-hybridized carbons (Fsp3) is 0.321. The number of hydrogen-bond donors (Lipinski definition) is 2. The van der Waals surface area contributed by atoms with Crippen LogP contribution in [0.5, 0.6) is 0 Å². The highest BCUT2D eigenvalue weighted by molar-refractivity contribution is 6.00. The largest absolute Gasteiger partial charge is 0.451 e. The van der Waals surface area contributed by atoms with Crippen LogP contribution in [0.1, 0.15) is 49.1 Å². The highest BCUT2D eigenvalue weighted by Gasteiger charge is 2.53. The Morgan fingerprint density at radius 3 is 2.21 bits per heavy atom. The van der Waals surface area contributed by atoms with Crippen molar-refractivity contribution < 1.29 is 22.8 Å². The Morgan fingerprint density at radius 1 is 0.897 bits per heavy atom. The first-order valence-electron chi connectivity index (χ1n) is 12.6. The normalized spacial score (nSPS) is 18.7. The standard InChI is InChI=1S/C28H24F2N6O3/c29-28(30)11-9-27(10-12-28,25(38)35-26(17-31)7-8-26)34-24(37)23-16-20-2-1-19(15-22(20)39-23)18-3-5-21(6-4-18)36-32-13-14-33-36/h1-6,13-16H,7-12H2,(H,34,37)(H,35,38). The Morgan fingerprint density at radius 2 is 1.56 bits per heavy atom. The van der Waals surface area contributed by atoms with Crippen molar-refractivity contribution in [2.75, 3.05) is 0 Å². The van der Waals surface area contributed by atoms with Crippen LogP contribution in [-0.4, -0.2) is 43.8 Å². The molecule has 2 aromatic carbocycles. The number of nitrogens with one attached hydrogen (secondary N) is 2. The number of fused-ring (bicyclic) bond motifs is 1. The zero-order chi connectivity index (χ0) is 27.3. The van der Waals surface area contributed by atoms with E-state index in [0.717, 1.165) is 16.8 Å². The minimum atomic E-state index is -2.91. The van der Waals surface area contributed by atoms with Crippen molar-refractivity contribution >= 4 is 22.8 Å². The molecule has 0 aliphatic heterocycles. The molecule has 2 amide bonds. The average molecular weight is 531 g/mol. The second-order valence-corrected chi connectivity index (χ2v) is 10.3. The third-order valence-corrected chi connectivity index (χ3v) is 7.53. The second-order valence-electron chi connectivity index (χ2n) is 10.3. The summed E-state index contributed by atoms with van der Waals surface area (Å²) in [5.74, 6) is -4.24. The molecule has 0 radical (unpaired) electrons. The number of amides is 2. The van der Waals surface area contributed by atoms with Crippen molar-refractivity contribution in [3.05, 3.63) is 66.7 Å². The van der Waals surface area contributed by atoms with Crippen molar-refractivity contribution in [3.63, 3.8) is 0 Å². The molecule has 6 rings (SSSR count). The number of alkyl halides is 2. The third kappa shape index (κ3) is 4.74. The molecule has 2 heterocycles. The van der Waals surface area contributed by atoms with Gasteiger partial charge in [0.1, 0.15) is 16.7 Å². The number of furan rings is 1. The quantitative estimate of drug-likeness (QED) is 0.377. The predicted octanol–water partition coefficient (Wildman–Crippen LogP) is 4.53. The molecular weight excluding hydrogens is 506 g/mol. The van der Waals surface area contributed by atoms with Crippen LogP contribution in [-0.2, 0) is 4.79 Å². The minimum Gasteiger partial charge on any atom is -0.451 e. The van der Waals surface area contributed by atoms with E-state index in [9.17, 15) is 23.6 Å². The Hall–Kier alpha value is -4.59. The maximum absolute atomic E-state index is 14.0. The Labute approximate surface area is 221 Å². The molecule has 2 N–H and O–H groups in total. The number of carbonyl (C=O) groups excluding carboxylic acids is 2. The summed E-state index contributed by atoms with van der Waals surface area (Å²) in [5.41, 5.74) is 0.507. The van der Waals surface area contributed by atoms with E-state index >= 15 is 0 Å². The van der Waals surface area contributed by atoms with E-state index in [1.54, 1.807) is 24.5 Å². The summed E-state index contributed by atoms with van der Waals surface area (Å²) in [4.78, 5) is 28.0. The maximum Gasteiger partial charge on any atom is 0.287 e. The van der Waals surface area contributed by atoms with E-state index in [2.05, 4.69) is 26.9 Å². The summed E-state index contributed by atoms with van der Waals surface area (Å²) in [6, 6.07) is 16.8. The van der Waals surface area contributed by atoms with Gasteiger partial charge in [-0.15, -0.1) is 0 Å². The maximum atomic E-state index is 14.0. The molecule has 4 aromatic rings. The van der Waals surface area contributed by atoms with Gasteiger partial charge in [0.05, 0.1) is 24.2 Å². The van der Waals surface area contributed by atoms with Crippen LogP contribution in [0.4, 0.5) is 8.78 Å². The fourth-order valence-corrected chi connectivity index (χ4v) is 4.92. The van der Waals surface area contributed by atoms with Gasteiger partial charge in [0.25, 0.3) is 5.91 Å². The van der Waals surface area contributed by atoms with Crippen LogP contribution in [0.25, 0.3) is 27.8 Å². The van der Waals surface area contributed by atoms with Crippen molar-refractivity contribution in [1.82, 2.24) is 25.6 Å². The van der Waals surface area contributed by atoms with E-state index < -0.39 is 41.7 Å². The monoisotopic (exact) mass is 530 g/mol. The molecular formula is C28H24F2N6O3. The molecule has 2 saturated carbocycles. The van der Waals surface area contributed by atoms with E-state index in [1.165, 1.54) is 4.80 Å². The molecule has 0 spiro atoms. The number of nitrogens with zero attached hydrogens (tertiary/aromatic N) is 4. The zero-order valence-corrected chi connectivity index (χ0v) is 20.8. The molecule has 2 aliphatic rings. The first kappa shape index (κ1) is 24.7. The second kappa shape index (κ2) is 9.01. The molecule has 0 saturated heterocycles. The smallest absolute Gasteiger partial charge is 0.287 e. The van der Waals surface area contributed by atoms with Crippen LogP contribution < -0.4 is 10.6 Å². The molecule has 11 heteroatoms. The third-order valence-electron chi connectivity index (χ3n) is 7.53. The number of carbonyl (C=O) groups is 2. The van der Waals surface area contributed by atoms with Crippen molar-refractivity contribution in [2.24, 2.45) is 0 Å². The minimum absolute atomic E-state index is 0.0341. The molecule has 2 aromatic heterocycles. The van der Waals surface area contributed by atoms with Gasteiger partial charge in [0, 0.05) is 18.2 Å². The highest BCUT2D eigenvalue weighted by atomic mass is 19.3. The summed E-state index contributed by atoms with van der Waals surface area (Å²) in [5, 5.41) is 23.6. The lowest BCUT2D eigenvalue weighted by Gasteiger charge is -2.39. The molecule has 198 valence electrons. The Bertz CT molecular complexity index is 1590. The van der Waals surface area contributed by atoms with Crippen LogP contribution in [0.3, 0.4) is 0 Å². The summed E-state index contributed by atoms with van der Waals surface area (Å²) in [6.07, 6.45) is 2.60. The molecule has 2 aliphatic carbocycles. The lowest BCUT2D eigenvalue weighted by Crippen LogP contribution is -2.62. The van der Waals surface area contributed by atoms with E-state index in [-0.39, 0.29) is 18.6 Å². The first-order chi connectivity index (χ1) is 18.7. The molecule has 0 atom stereocenters. The average Bonchev–Trinajstić information content (AvgIpc) is 3.30. The molecule has 9 nitrogen and oxygen atoms in total. The Kier molecular flexibility index (Phi) is 5.71. The number of rotatable bonds is 6. The lowest BCUT2D eigenvalue weighted by atomic mass is 9.78.